The molecule has 4 heteroatoms. The van der Waals surface area contributed by atoms with Crippen LogP contribution in [0.5, 0.6) is 0 Å². The Hall–Kier alpha value is -2.36. The predicted octanol–water partition coefficient (Wildman–Crippen LogP) is 2.38. The highest BCUT2D eigenvalue weighted by Crippen LogP contribution is 2.19. The maximum atomic E-state index is 12.1. The summed E-state index contributed by atoms with van der Waals surface area (Å²) in [4.78, 5) is 26.6. The fourth-order valence-electron chi connectivity index (χ4n) is 2.28. The molecule has 0 spiro atoms. The van der Waals surface area contributed by atoms with Gasteiger partial charge in [-0.1, -0.05) is 18.2 Å². The number of fused-ring (bicyclic) bond motifs is 1. The number of aromatic amines is 1. The van der Waals surface area contributed by atoms with Crippen molar-refractivity contribution in [1.29, 1.82) is 0 Å². The summed E-state index contributed by atoms with van der Waals surface area (Å²) in [5.74, 6) is -0.0746. The van der Waals surface area contributed by atoms with Crippen LogP contribution in [-0.2, 0) is 11.2 Å². The lowest BCUT2D eigenvalue weighted by Gasteiger charge is -2.08. The lowest BCUT2D eigenvalue weighted by Crippen LogP contribution is -2.24. The average molecular weight is 284 g/mol. The molecule has 0 bridgehead atoms. The van der Waals surface area contributed by atoms with Crippen LogP contribution in [0.15, 0.2) is 35.6 Å². The first-order valence-electron chi connectivity index (χ1n) is 7.02. The van der Waals surface area contributed by atoms with Gasteiger partial charge in [-0.15, -0.1) is 6.58 Å². The number of rotatable bonds is 5. The monoisotopic (exact) mass is 284 g/mol. The Morgan fingerprint density at radius 1 is 1.38 bits per heavy atom. The van der Waals surface area contributed by atoms with Gasteiger partial charge in [0.2, 0.25) is 5.91 Å². The van der Waals surface area contributed by atoms with E-state index in [2.05, 4.69) is 16.9 Å². The first kappa shape index (κ1) is 15.0. The summed E-state index contributed by atoms with van der Waals surface area (Å²) in [6.45, 7) is 8.01. The predicted molar refractivity (Wildman–Crippen MR) is 85.6 cm³/mol. The van der Waals surface area contributed by atoms with E-state index < -0.39 is 0 Å². The molecule has 1 aromatic heterocycles. The maximum absolute atomic E-state index is 12.1. The third-order valence-corrected chi connectivity index (χ3v) is 3.69. The molecule has 0 saturated heterocycles. The first-order chi connectivity index (χ1) is 10.0. The van der Waals surface area contributed by atoms with Gasteiger partial charge in [0.1, 0.15) is 0 Å². The fourth-order valence-corrected chi connectivity index (χ4v) is 2.28. The Labute approximate surface area is 123 Å². The molecule has 4 nitrogen and oxygen atoms in total. The van der Waals surface area contributed by atoms with Crippen LogP contribution in [-0.4, -0.2) is 17.4 Å². The third-order valence-electron chi connectivity index (χ3n) is 3.69. The van der Waals surface area contributed by atoms with Gasteiger partial charge in [0, 0.05) is 18.5 Å². The van der Waals surface area contributed by atoms with E-state index in [0.717, 1.165) is 22.0 Å². The minimum absolute atomic E-state index is 0.0746. The van der Waals surface area contributed by atoms with Crippen LogP contribution in [0.3, 0.4) is 0 Å². The molecule has 110 valence electrons. The largest absolute Gasteiger partial charge is 0.353 e. The van der Waals surface area contributed by atoms with Gasteiger partial charge < -0.3 is 10.3 Å². The summed E-state index contributed by atoms with van der Waals surface area (Å²) in [5.41, 5.74) is 3.63. The molecule has 2 rings (SSSR count). The number of carbonyl (C=O) groups is 1. The minimum Gasteiger partial charge on any atom is -0.353 e. The lowest BCUT2D eigenvalue weighted by atomic mass is 10.0. The van der Waals surface area contributed by atoms with Crippen molar-refractivity contribution in [2.75, 3.05) is 6.54 Å². The zero-order valence-electron chi connectivity index (χ0n) is 12.5. The van der Waals surface area contributed by atoms with Crippen molar-refractivity contribution in [3.05, 3.63) is 57.9 Å². The van der Waals surface area contributed by atoms with E-state index in [1.807, 2.05) is 32.0 Å². The Balaban J connectivity index is 2.24. The van der Waals surface area contributed by atoms with Crippen LogP contribution in [0.25, 0.3) is 10.9 Å². The number of benzene rings is 1. The molecule has 0 aliphatic carbocycles. The van der Waals surface area contributed by atoms with Crippen LogP contribution < -0.4 is 10.9 Å². The fraction of sp³-hybridized carbons (Fsp3) is 0.294. The number of nitrogens with one attached hydrogen (secondary N) is 2. The number of aromatic nitrogens is 1. The molecule has 0 fully saturated rings. The van der Waals surface area contributed by atoms with E-state index in [1.165, 1.54) is 0 Å². The molecule has 0 aliphatic rings. The van der Waals surface area contributed by atoms with Gasteiger partial charge in [-0.3, -0.25) is 9.59 Å². The van der Waals surface area contributed by atoms with Crippen molar-refractivity contribution < 1.29 is 4.79 Å². The van der Waals surface area contributed by atoms with Crippen molar-refractivity contribution in [2.24, 2.45) is 0 Å². The Bertz CT molecular complexity index is 744. The van der Waals surface area contributed by atoms with Crippen LogP contribution in [0.1, 0.15) is 23.1 Å². The van der Waals surface area contributed by atoms with Gasteiger partial charge in [-0.2, -0.15) is 0 Å². The molecule has 1 heterocycles. The topological polar surface area (TPSA) is 62.0 Å². The smallest absolute Gasteiger partial charge is 0.251 e. The Morgan fingerprint density at radius 3 is 2.86 bits per heavy atom. The Kier molecular flexibility index (Phi) is 4.58. The Morgan fingerprint density at radius 2 is 2.14 bits per heavy atom. The SMILES string of the molecule is C=CCNC(=O)CCc1cc2ccc(C)c(C)c2[nH]c1=O. The highest BCUT2D eigenvalue weighted by Gasteiger charge is 2.08. The van der Waals surface area contributed by atoms with Gasteiger partial charge in [-0.25, -0.2) is 0 Å². The number of hydrogen-bond donors (Lipinski definition) is 2. The second kappa shape index (κ2) is 6.39. The molecule has 21 heavy (non-hydrogen) atoms. The quantitative estimate of drug-likeness (QED) is 0.828. The van der Waals surface area contributed by atoms with E-state index in [1.54, 1.807) is 6.08 Å². The third kappa shape index (κ3) is 3.40. The number of amides is 1. The van der Waals surface area contributed by atoms with Gasteiger partial charge in [0.25, 0.3) is 5.56 Å². The summed E-state index contributed by atoms with van der Waals surface area (Å²) in [6, 6.07) is 5.91. The number of H-pyrrole nitrogens is 1. The number of pyridine rings is 1. The molecule has 1 amide bonds. The summed E-state index contributed by atoms with van der Waals surface area (Å²) < 4.78 is 0. The molecular formula is C17H20N2O2. The second-order valence-electron chi connectivity index (χ2n) is 5.19. The zero-order chi connectivity index (χ0) is 15.4. The van der Waals surface area contributed by atoms with E-state index >= 15 is 0 Å². The summed E-state index contributed by atoms with van der Waals surface area (Å²) in [7, 11) is 0. The molecule has 0 saturated carbocycles. The van der Waals surface area contributed by atoms with Crippen LogP contribution >= 0.6 is 0 Å². The molecule has 0 radical (unpaired) electrons. The van der Waals surface area contributed by atoms with Crippen molar-refractivity contribution in [3.63, 3.8) is 0 Å². The molecule has 0 atom stereocenters. The standard InChI is InChI=1S/C17H20N2O2/c1-4-9-18-15(20)8-7-14-10-13-6-5-11(2)12(3)16(13)19-17(14)21/h4-6,10H,1,7-9H2,2-3H3,(H,18,20)(H,19,21). The number of carbonyl (C=O) groups excluding carboxylic acids is 1. The van der Waals surface area contributed by atoms with E-state index in [0.29, 0.717) is 24.9 Å². The van der Waals surface area contributed by atoms with Gasteiger partial charge in [0.05, 0.1) is 5.52 Å². The van der Waals surface area contributed by atoms with E-state index in [9.17, 15) is 9.59 Å². The summed E-state index contributed by atoms with van der Waals surface area (Å²) in [5, 5.41) is 3.71. The number of aryl methyl sites for hydroxylation is 3. The van der Waals surface area contributed by atoms with Gasteiger partial charge in [-0.05, 0) is 42.8 Å². The lowest BCUT2D eigenvalue weighted by molar-refractivity contribution is -0.120. The van der Waals surface area contributed by atoms with Crippen LogP contribution in [0, 0.1) is 13.8 Å². The molecule has 0 aliphatic heterocycles. The van der Waals surface area contributed by atoms with Gasteiger partial charge in [0.15, 0.2) is 0 Å². The molecular weight excluding hydrogens is 264 g/mol. The summed E-state index contributed by atoms with van der Waals surface area (Å²) in [6.07, 6.45) is 2.36. The highest BCUT2D eigenvalue weighted by atomic mass is 16.1. The zero-order valence-corrected chi connectivity index (χ0v) is 12.5. The van der Waals surface area contributed by atoms with Crippen molar-refractivity contribution in [3.8, 4) is 0 Å². The van der Waals surface area contributed by atoms with E-state index in [-0.39, 0.29) is 11.5 Å². The van der Waals surface area contributed by atoms with Crippen molar-refractivity contribution in [1.82, 2.24) is 10.3 Å². The molecule has 2 aromatic rings. The van der Waals surface area contributed by atoms with E-state index in [4.69, 9.17) is 0 Å². The normalized spacial score (nSPS) is 10.6. The second-order valence-corrected chi connectivity index (χ2v) is 5.19. The van der Waals surface area contributed by atoms with Crippen molar-refractivity contribution in [2.45, 2.75) is 26.7 Å². The number of hydrogen-bond acceptors (Lipinski definition) is 2. The van der Waals surface area contributed by atoms with Crippen molar-refractivity contribution >= 4 is 16.8 Å². The molecule has 2 N–H and O–H groups in total. The maximum Gasteiger partial charge on any atom is 0.251 e. The molecule has 0 unspecified atom stereocenters. The summed E-state index contributed by atoms with van der Waals surface area (Å²) >= 11 is 0. The van der Waals surface area contributed by atoms with Crippen LogP contribution in [0.4, 0.5) is 0 Å². The van der Waals surface area contributed by atoms with Gasteiger partial charge >= 0.3 is 0 Å². The first-order valence-corrected chi connectivity index (χ1v) is 7.02. The average Bonchev–Trinajstić information content (AvgIpc) is 2.47. The van der Waals surface area contributed by atoms with Crippen LogP contribution in [0.2, 0.25) is 0 Å². The minimum atomic E-state index is -0.118. The molecule has 1 aromatic carbocycles. The highest BCUT2D eigenvalue weighted by molar-refractivity contribution is 5.83.